The zero-order valence-electron chi connectivity index (χ0n) is 15.1. The lowest BCUT2D eigenvalue weighted by Gasteiger charge is -2.32. The molecule has 2 heterocycles. The van der Waals surface area contributed by atoms with E-state index < -0.39 is 0 Å². The van der Waals surface area contributed by atoms with Crippen LogP contribution in [0, 0.1) is 15.9 Å². The predicted molar refractivity (Wildman–Crippen MR) is 102 cm³/mol. The number of morpholine rings is 1. The van der Waals surface area contributed by atoms with Gasteiger partial charge in [-0.15, -0.1) is 0 Å². The van der Waals surface area contributed by atoms with E-state index in [4.69, 9.17) is 9.47 Å². The number of nitro benzene ring substituents is 1. The van der Waals surface area contributed by atoms with Crippen LogP contribution in [0.4, 0.5) is 15.8 Å². The van der Waals surface area contributed by atoms with Crippen LogP contribution in [0.25, 0.3) is 0 Å². The van der Waals surface area contributed by atoms with Crippen molar-refractivity contribution in [1.29, 1.82) is 0 Å². The van der Waals surface area contributed by atoms with Crippen molar-refractivity contribution in [1.82, 2.24) is 4.90 Å². The molecule has 1 saturated heterocycles. The number of rotatable bonds is 5. The number of nitrogens with one attached hydrogen (secondary N) is 1. The molecule has 1 N–H and O–H groups in total. The van der Waals surface area contributed by atoms with Gasteiger partial charge in [-0.05, 0) is 36.4 Å². The first-order valence-corrected chi connectivity index (χ1v) is 9.07. The number of nitro groups is 1. The number of non-ortho nitro benzene ring substituents is 1. The molecule has 2 aliphatic rings. The summed E-state index contributed by atoms with van der Waals surface area (Å²) in [4.78, 5) is 13.1. The van der Waals surface area contributed by atoms with Crippen LogP contribution in [-0.2, 0) is 4.74 Å². The van der Waals surface area contributed by atoms with Crippen LogP contribution in [-0.4, -0.2) is 42.7 Å². The summed E-state index contributed by atoms with van der Waals surface area (Å²) in [7, 11) is 0. The minimum atomic E-state index is -0.379. The summed E-state index contributed by atoms with van der Waals surface area (Å²) in [6, 6.07) is 10.6. The van der Waals surface area contributed by atoms with Gasteiger partial charge < -0.3 is 14.8 Å². The zero-order valence-corrected chi connectivity index (χ0v) is 15.1. The number of hydrogen-bond donors (Lipinski definition) is 1. The number of fused-ring (bicyclic) bond motifs is 1. The van der Waals surface area contributed by atoms with Crippen molar-refractivity contribution < 1.29 is 18.8 Å². The molecule has 8 heteroatoms. The lowest BCUT2D eigenvalue weighted by molar-refractivity contribution is -0.384. The highest BCUT2D eigenvalue weighted by Crippen LogP contribution is 2.42. The second-order valence-corrected chi connectivity index (χ2v) is 6.63. The van der Waals surface area contributed by atoms with E-state index in [1.807, 2.05) is 6.08 Å². The number of anilines is 1. The summed E-state index contributed by atoms with van der Waals surface area (Å²) in [6.07, 6.45) is 1.93. The fourth-order valence-corrected chi connectivity index (χ4v) is 3.55. The molecule has 2 aromatic rings. The summed E-state index contributed by atoms with van der Waals surface area (Å²) in [5.41, 5.74) is 2.72. The minimum absolute atomic E-state index is 0.0719. The zero-order chi connectivity index (χ0) is 19.5. The summed E-state index contributed by atoms with van der Waals surface area (Å²) >= 11 is 0. The van der Waals surface area contributed by atoms with Crippen molar-refractivity contribution >= 4 is 11.4 Å². The van der Waals surface area contributed by atoms with Crippen LogP contribution in [0.5, 0.6) is 5.75 Å². The molecule has 0 bridgehead atoms. The number of halogens is 1. The average Bonchev–Trinajstić information content (AvgIpc) is 3.07. The molecule has 4 rings (SSSR count). The summed E-state index contributed by atoms with van der Waals surface area (Å²) in [6.45, 7) is 3.03. The molecule has 0 spiro atoms. The van der Waals surface area contributed by atoms with Gasteiger partial charge in [0.1, 0.15) is 18.2 Å². The van der Waals surface area contributed by atoms with Gasteiger partial charge in [-0.2, -0.15) is 0 Å². The van der Waals surface area contributed by atoms with Gasteiger partial charge in [-0.1, -0.05) is 0 Å². The molecule has 0 aromatic heterocycles. The van der Waals surface area contributed by atoms with E-state index >= 15 is 0 Å². The molecule has 1 unspecified atom stereocenters. The largest absolute Gasteiger partial charge is 0.489 e. The van der Waals surface area contributed by atoms with Gasteiger partial charge in [0, 0.05) is 42.2 Å². The molecule has 1 fully saturated rings. The van der Waals surface area contributed by atoms with E-state index in [-0.39, 0.29) is 22.5 Å². The van der Waals surface area contributed by atoms with Crippen molar-refractivity contribution in [3.8, 4) is 5.75 Å². The van der Waals surface area contributed by atoms with Crippen LogP contribution in [0.2, 0.25) is 0 Å². The third kappa shape index (κ3) is 3.83. The van der Waals surface area contributed by atoms with Crippen molar-refractivity contribution in [3.63, 3.8) is 0 Å². The Hall–Kier alpha value is -2.97. The molecule has 2 aliphatic heterocycles. The van der Waals surface area contributed by atoms with Crippen LogP contribution >= 0.6 is 0 Å². The Bertz CT molecular complexity index is 895. The first-order chi connectivity index (χ1) is 13.6. The minimum Gasteiger partial charge on any atom is -0.489 e. The number of ether oxygens (including phenoxy) is 2. The highest BCUT2D eigenvalue weighted by atomic mass is 19.1. The highest BCUT2D eigenvalue weighted by molar-refractivity contribution is 5.67. The number of benzene rings is 2. The fourth-order valence-electron chi connectivity index (χ4n) is 3.55. The Morgan fingerprint density at radius 3 is 2.71 bits per heavy atom. The summed E-state index contributed by atoms with van der Waals surface area (Å²) in [5.74, 6) is 0.264. The standard InChI is InChI=1S/C20H20FN3O4/c21-14-1-4-16(5-2-14)28-10-7-19-20(23-8-11-27-12-9-23)17-13-15(24(25)26)3-6-18(17)22-19/h1-7,13,20,22H,8-12H2. The second kappa shape index (κ2) is 7.95. The maximum atomic E-state index is 13.0. The first-order valence-electron chi connectivity index (χ1n) is 9.07. The SMILES string of the molecule is O=[N+]([O-])c1ccc2c(c1)C(N1CCOCC1)C(=CCOc1ccc(F)cc1)N2. The Morgan fingerprint density at radius 2 is 2.00 bits per heavy atom. The molecule has 0 radical (unpaired) electrons. The Kier molecular flexibility index (Phi) is 5.23. The Morgan fingerprint density at radius 1 is 1.25 bits per heavy atom. The van der Waals surface area contributed by atoms with Gasteiger partial charge >= 0.3 is 0 Å². The van der Waals surface area contributed by atoms with E-state index in [2.05, 4.69) is 10.2 Å². The topological polar surface area (TPSA) is 76.9 Å². The maximum Gasteiger partial charge on any atom is 0.269 e. The van der Waals surface area contributed by atoms with Crippen molar-refractivity contribution in [2.45, 2.75) is 6.04 Å². The lowest BCUT2D eigenvalue weighted by Crippen LogP contribution is -2.39. The van der Waals surface area contributed by atoms with E-state index in [1.54, 1.807) is 24.3 Å². The summed E-state index contributed by atoms with van der Waals surface area (Å²) in [5, 5.41) is 14.6. The Balaban J connectivity index is 1.57. The van der Waals surface area contributed by atoms with Gasteiger partial charge in [0.2, 0.25) is 0 Å². The number of nitrogens with zero attached hydrogens (tertiary/aromatic N) is 2. The van der Waals surface area contributed by atoms with Crippen LogP contribution in [0.15, 0.2) is 54.2 Å². The smallest absolute Gasteiger partial charge is 0.269 e. The third-order valence-electron chi connectivity index (χ3n) is 4.89. The fraction of sp³-hybridized carbons (Fsp3) is 0.300. The van der Waals surface area contributed by atoms with Crippen molar-refractivity contribution in [2.24, 2.45) is 0 Å². The van der Waals surface area contributed by atoms with Gasteiger partial charge in [-0.3, -0.25) is 15.0 Å². The second-order valence-electron chi connectivity index (χ2n) is 6.63. The van der Waals surface area contributed by atoms with Gasteiger partial charge in [0.15, 0.2) is 0 Å². The van der Waals surface area contributed by atoms with E-state index in [0.717, 1.165) is 30.0 Å². The third-order valence-corrected chi connectivity index (χ3v) is 4.89. The molecule has 0 amide bonds. The molecule has 0 aliphatic carbocycles. The molecule has 2 aromatic carbocycles. The Labute approximate surface area is 161 Å². The predicted octanol–water partition coefficient (Wildman–Crippen LogP) is 3.50. The first kappa shape index (κ1) is 18.4. The van der Waals surface area contributed by atoms with Gasteiger partial charge in [0.25, 0.3) is 5.69 Å². The molecular weight excluding hydrogens is 365 g/mol. The van der Waals surface area contributed by atoms with Gasteiger partial charge in [0.05, 0.1) is 24.2 Å². The molecule has 7 nitrogen and oxygen atoms in total. The maximum absolute atomic E-state index is 13.0. The average molecular weight is 385 g/mol. The van der Waals surface area contributed by atoms with Crippen LogP contribution < -0.4 is 10.1 Å². The highest BCUT2D eigenvalue weighted by Gasteiger charge is 2.34. The van der Waals surface area contributed by atoms with Gasteiger partial charge in [-0.25, -0.2) is 4.39 Å². The molecule has 28 heavy (non-hydrogen) atoms. The number of hydrogen-bond acceptors (Lipinski definition) is 6. The van der Waals surface area contributed by atoms with E-state index in [9.17, 15) is 14.5 Å². The monoisotopic (exact) mass is 385 g/mol. The molecular formula is C20H20FN3O4. The molecule has 1 atom stereocenters. The quantitative estimate of drug-likeness (QED) is 0.627. The normalized spacial score (nSPS) is 20.6. The van der Waals surface area contributed by atoms with E-state index in [0.29, 0.717) is 25.6 Å². The summed E-state index contributed by atoms with van der Waals surface area (Å²) < 4.78 is 24.1. The van der Waals surface area contributed by atoms with E-state index in [1.165, 1.54) is 18.2 Å². The lowest BCUT2D eigenvalue weighted by atomic mass is 10.0. The van der Waals surface area contributed by atoms with Crippen LogP contribution in [0.1, 0.15) is 11.6 Å². The molecule has 0 saturated carbocycles. The van der Waals surface area contributed by atoms with Crippen LogP contribution in [0.3, 0.4) is 0 Å². The molecule has 146 valence electrons. The van der Waals surface area contributed by atoms with Crippen molar-refractivity contribution in [2.75, 3.05) is 38.2 Å². The van der Waals surface area contributed by atoms with Crippen molar-refractivity contribution in [3.05, 3.63) is 75.7 Å².